The molecule has 6 nitrogen and oxygen atoms in total. The van der Waals surface area contributed by atoms with Crippen LogP contribution >= 0.6 is 0 Å². The van der Waals surface area contributed by atoms with E-state index in [9.17, 15) is 4.79 Å². The molecule has 1 aromatic carbocycles. The first-order valence-corrected chi connectivity index (χ1v) is 6.39. The summed E-state index contributed by atoms with van der Waals surface area (Å²) in [5, 5.41) is 7.44. The molecule has 0 saturated carbocycles. The normalized spacial score (nSPS) is 10.3. The molecule has 0 fully saturated rings. The van der Waals surface area contributed by atoms with Crippen LogP contribution in [0.2, 0.25) is 0 Å². The van der Waals surface area contributed by atoms with Crippen molar-refractivity contribution in [3.63, 3.8) is 0 Å². The number of hydrogen-bond donors (Lipinski definition) is 2. The molecule has 0 spiro atoms. The molecular formula is C14H18N4O2. The number of esters is 1. The highest BCUT2D eigenvalue weighted by molar-refractivity contribution is 5.98. The fraction of sp³-hybridized carbons (Fsp3) is 0.286. The highest BCUT2D eigenvalue weighted by atomic mass is 16.5. The Kier molecular flexibility index (Phi) is 4.24. The SMILES string of the molecule is CCOC(=O)c1cccc(NCc2ccn(C)n2)c1N. The number of aromatic nitrogens is 2. The molecule has 1 heterocycles. The molecule has 3 N–H and O–H groups in total. The van der Waals surface area contributed by atoms with Gasteiger partial charge in [-0.15, -0.1) is 0 Å². The Morgan fingerprint density at radius 2 is 2.25 bits per heavy atom. The summed E-state index contributed by atoms with van der Waals surface area (Å²) in [4.78, 5) is 11.7. The van der Waals surface area contributed by atoms with E-state index in [1.165, 1.54) is 0 Å². The maximum atomic E-state index is 11.7. The van der Waals surface area contributed by atoms with Crippen LogP contribution in [0.4, 0.5) is 11.4 Å². The number of ether oxygens (including phenoxy) is 1. The quantitative estimate of drug-likeness (QED) is 0.641. The fourth-order valence-electron chi connectivity index (χ4n) is 1.85. The van der Waals surface area contributed by atoms with Gasteiger partial charge in [0.1, 0.15) is 0 Å². The van der Waals surface area contributed by atoms with Gasteiger partial charge in [-0.3, -0.25) is 4.68 Å². The molecule has 106 valence electrons. The molecule has 2 rings (SSSR count). The second-order valence-electron chi connectivity index (χ2n) is 4.32. The number of aryl methyl sites for hydroxylation is 1. The third kappa shape index (κ3) is 3.09. The van der Waals surface area contributed by atoms with Crippen LogP contribution in [-0.2, 0) is 18.3 Å². The molecule has 20 heavy (non-hydrogen) atoms. The van der Waals surface area contributed by atoms with Gasteiger partial charge in [0.15, 0.2) is 0 Å². The summed E-state index contributed by atoms with van der Waals surface area (Å²) in [5.74, 6) is -0.411. The lowest BCUT2D eigenvalue weighted by molar-refractivity contribution is 0.0527. The fourth-order valence-corrected chi connectivity index (χ4v) is 1.85. The minimum atomic E-state index is -0.411. The van der Waals surface area contributed by atoms with Crippen LogP contribution in [0.5, 0.6) is 0 Å². The van der Waals surface area contributed by atoms with Crippen LogP contribution in [0.25, 0.3) is 0 Å². The predicted molar refractivity (Wildman–Crippen MR) is 77.3 cm³/mol. The average molecular weight is 274 g/mol. The van der Waals surface area contributed by atoms with Gasteiger partial charge in [0, 0.05) is 13.2 Å². The first kappa shape index (κ1) is 13.9. The van der Waals surface area contributed by atoms with Gasteiger partial charge in [-0.05, 0) is 25.1 Å². The number of benzene rings is 1. The zero-order valence-corrected chi connectivity index (χ0v) is 11.6. The lowest BCUT2D eigenvalue weighted by Gasteiger charge is -2.11. The number of carbonyl (C=O) groups is 1. The van der Waals surface area contributed by atoms with E-state index in [0.717, 1.165) is 5.69 Å². The summed E-state index contributed by atoms with van der Waals surface area (Å²) in [5.41, 5.74) is 8.35. The highest BCUT2D eigenvalue weighted by Crippen LogP contribution is 2.23. The molecule has 0 unspecified atom stereocenters. The summed E-state index contributed by atoms with van der Waals surface area (Å²) in [6.45, 7) is 2.62. The number of nitrogen functional groups attached to an aromatic ring is 1. The van der Waals surface area contributed by atoms with E-state index >= 15 is 0 Å². The Labute approximate surface area is 117 Å². The molecular weight excluding hydrogens is 256 g/mol. The molecule has 0 bridgehead atoms. The second-order valence-corrected chi connectivity index (χ2v) is 4.32. The van der Waals surface area contributed by atoms with E-state index in [1.54, 1.807) is 23.7 Å². The second kappa shape index (κ2) is 6.10. The number of rotatable bonds is 5. The van der Waals surface area contributed by atoms with E-state index in [4.69, 9.17) is 10.5 Å². The van der Waals surface area contributed by atoms with Crippen molar-refractivity contribution in [1.82, 2.24) is 9.78 Å². The van der Waals surface area contributed by atoms with Crippen LogP contribution < -0.4 is 11.1 Å². The zero-order valence-electron chi connectivity index (χ0n) is 11.6. The van der Waals surface area contributed by atoms with Gasteiger partial charge < -0.3 is 15.8 Å². The van der Waals surface area contributed by atoms with Crippen LogP contribution in [0.3, 0.4) is 0 Å². The van der Waals surface area contributed by atoms with Crippen molar-refractivity contribution in [1.29, 1.82) is 0 Å². The number of hydrogen-bond acceptors (Lipinski definition) is 5. The largest absolute Gasteiger partial charge is 0.462 e. The lowest BCUT2D eigenvalue weighted by Crippen LogP contribution is -2.10. The minimum Gasteiger partial charge on any atom is -0.462 e. The van der Waals surface area contributed by atoms with Gasteiger partial charge in [-0.2, -0.15) is 5.10 Å². The van der Waals surface area contributed by atoms with E-state index in [2.05, 4.69) is 10.4 Å². The maximum Gasteiger partial charge on any atom is 0.340 e. The van der Waals surface area contributed by atoms with Gasteiger partial charge >= 0.3 is 5.97 Å². The summed E-state index contributed by atoms with van der Waals surface area (Å²) in [6, 6.07) is 7.15. The number of nitrogens with two attached hydrogens (primary N) is 1. The summed E-state index contributed by atoms with van der Waals surface area (Å²) >= 11 is 0. The number of carbonyl (C=O) groups excluding carboxylic acids is 1. The molecule has 0 radical (unpaired) electrons. The predicted octanol–water partition coefficient (Wildman–Crippen LogP) is 1.79. The highest BCUT2D eigenvalue weighted by Gasteiger charge is 2.13. The number of para-hydroxylation sites is 1. The first-order valence-electron chi connectivity index (χ1n) is 6.39. The van der Waals surface area contributed by atoms with E-state index < -0.39 is 5.97 Å². The van der Waals surface area contributed by atoms with Gasteiger partial charge in [0.25, 0.3) is 0 Å². The molecule has 0 aliphatic carbocycles. The molecule has 0 aliphatic heterocycles. The Morgan fingerprint density at radius 1 is 1.45 bits per heavy atom. The van der Waals surface area contributed by atoms with Gasteiger partial charge in [0.2, 0.25) is 0 Å². The van der Waals surface area contributed by atoms with E-state index in [0.29, 0.717) is 30.1 Å². The summed E-state index contributed by atoms with van der Waals surface area (Å²) in [6.07, 6.45) is 1.87. The summed E-state index contributed by atoms with van der Waals surface area (Å²) < 4.78 is 6.70. The van der Waals surface area contributed by atoms with Crippen molar-refractivity contribution < 1.29 is 9.53 Å². The average Bonchev–Trinajstić information content (AvgIpc) is 2.83. The summed E-state index contributed by atoms with van der Waals surface area (Å²) in [7, 11) is 1.86. The molecule has 0 amide bonds. The zero-order chi connectivity index (χ0) is 14.5. The monoisotopic (exact) mass is 274 g/mol. The molecule has 6 heteroatoms. The smallest absolute Gasteiger partial charge is 0.340 e. The van der Waals surface area contributed by atoms with Crippen molar-refractivity contribution in [3.8, 4) is 0 Å². The third-order valence-electron chi connectivity index (χ3n) is 2.83. The Balaban J connectivity index is 2.12. The van der Waals surface area contributed by atoms with Gasteiger partial charge in [-0.1, -0.05) is 6.07 Å². The number of anilines is 2. The minimum absolute atomic E-state index is 0.323. The van der Waals surface area contributed by atoms with Crippen molar-refractivity contribution in [2.24, 2.45) is 7.05 Å². The Hall–Kier alpha value is -2.50. The van der Waals surface area contributed by atoms with Crippen LogP contribution in [-0.4, -0.2) is 22.4 Å². The Morgan fingerprint density at radius 3 is 2.90 bits per heavy atom. The maximum absolute atomic E-state index is 11.7. The molecule has 0 aliphatic rings. The van der Waals surface area contributed by atoms with Crippen molar-refractivity contribution in [2.45, 2.75) is 13.5 Å². The van der Waals surface area contributed by atoms with Crippen LogP contribution in [0.15, 0.2) is 30.5 Å². The van der Waals surface area contributed by atoms with Crippen LogP contribution in [0.1, 0.15) is 23.0 Å². The molecule has 1 aromatic heterocycles. The number of nitrogens with one attached hydrogen (secondary N) is 1. The first-order chi connectivity index (χ1) is 9.61. The molecule has 0 atom stereocenters. The molecule has 0 saturated heterocycles. The third-order valence-corrected chi connectivity index (χ3v) is 2.83. The van der Waals surface area contributed by atoms with E-state index in [1.807, 2.05) is 25.4 Å². The van der Waals surface area contributed by atoms with Gasteiger partial charge in [-0.25, -0.2) is 4.79 Å². The van der Waals surface area contributed by atoms with Crippen molar-refractivity contribution in [2.75, 3.05) is 17.7 Å². The van der Waals surface area contributed by atoms with Gasteiger partial charge in [0.05, 0.1) is 35.8 Å². The van der Waals surface area contributed by atoms with Crippen molar-refractivity contribution in [3.05, 3.63) is 41.7 Å². The van der Waals surface area contributed by atoms with Crippen molar-refractivity contribution >= 4 is 17.3 Å². The standard InChI is InChI=1S/C14H18N4O2/c1-3-20-14(19)11-5-4-6-12(13(11)15)16-9-10-7-8-18(2)17-10/h4-8,16H,3,9,15H2,1-2H3. The topological polar surface area (TPSA) is 82.2 Å². The molecule has 2 aromatic rings. The Bertz CT molecular complexity index is 607. The van der Waals surface area contributed by atoms with E-state index in [-0.39, 0.29) is 0 Å². The number of nitrogens with zero attached hydrogens (tertiary/aromatic N) is 2. The van der Waals surface area contributed by atoms with Crippen LogP contribution in [0, 0.1) is 0 Å². The lowest BCUT2D eigenvalue weighted by atomic mass is 10.1.